The molecule has 0 unspecified atom stereocenters. The minimum Gasteiger partial charge on any atom is -0.482 e. The second-order valence-electron chi connectivity index (χ2n) is 6.42. The van der Waals surface area contributed by atoms with Crippen molar-refractivity contribution in [3.05, 3.63) is 85.8 Å². The highest BCUT2D eigenvalue weighted by molar-refractivity contribution is 9.11. The average molecular weight is 553 g/mol. The normalized spacial score (nSPS) is 10.4. The third-order valence-corrected chi connectivity index (χ3v) is 5.31. The van der Waals surface area contributed by atoms with Gasteiger partial charge in [0.25, 0.3) is 11.8 Å². The van der Waals surface area contributed by atoms with Crippen LogP contribution in [0.25, 0.3) is 0 Å². The molecule has 3 aromatic carbocycles. The Morgan fingerprint density at radius 1 is 0.967 bits per heavy atom. The molecule has 3 aromatic rings. The molecule has 0 fully saturated rings. The number of nitrogens with one attached hydrogen (secondary N) is 2. The van der Waals surface area contributed by atoms with Crippen LogP contribution in [0, 0.1) is 6.92 Å². The summed E-state index contributed by atoms with van der Waals surface area (Å²) < 4.78 is 7.32. The highest BCUT2D eigenvalue weighted by atomic mass is 79.9. The third-order valence-electron chi connectivity index (χ3n) is 4.03. The molecular weight excluding hydrogens is 536 g/mol. The van der Waals surface area contributed by atoms with Gasteiger partial charge in [-0.2, -0.15) is 0 Å². The molecule has 0 aliphatic carbocycles. The van der Waals surface area contributed by atoms with E-state index in [0.29, 0.717) is 27.7 Å². The first-order valence-electron chi connectivity index (χ1n) is 8.87. The van der Waals surface area contributed by atoms with Crippen molar-refractivity contribution in [2.45, 2.75) is 6.92 Å². The molecule has 154 valence electrons. The van der Waals surface area contributed by atoms with Crippen LogP contribution in [0.1, 0.15) is 15.9 Å². The van der Waals surface area contributed by atoms with Gasteiger partial charge in [-0.3, -0.25) is 9.59 Å². The second kappa shape index (κ2) is 10.1. The fourth-order valence-corrected chi connectivity index (χ4v) is 4.46. The number of benzene rings is 3. The molecule has 0 aliphatic rings. The van der Waals surface area contributed by atoms with E-state index in [1.165, 1.54) is 0 Å². The van der Waals surface area contributed by atoms with Crippen LogP contribution in [-0.4, -0.2) is 18.4 Å². The smallest absolute Gasteiger partial charge is 0.262 e. The summed E-state index contributed by atoms with van der Waals surface area (Å²) in [5.41, 5.74) is 2.38. The second-order valence-corrected chi connectivity index (χ2v) is 8.62. The molecule has 5 nitrogen and oxygen atoms in total. The Bertz CT molecular complexity index is 1080. The van der Waals surface area contributed by atoms with Gasteiger partial charge in [0.1, 0.15) is 5.75 Å². The van der Waals surface area contributed by atoms with E-state index in [0.717, 1.165) is 14.5 Å². The molecule has 3 rings (SSSR count). The molecule has 30 heavy (non-hydrogen) atoms. The van der Waals surface area contributed by atoms with Crippen molar-refractivity contribution < 1.29 is 14.3 Å². The van der Waals surface area contributed by atoms with Gasteiger partial charge >= 0.3 is 0 Å². The van der Waals surface area contributed by atoms with Gasteiger partial charge in [0.15, 0.2) is 6.61 Å². The van der Waals surface area contributed by atoms with Crippen LogP contribution < -0.4 is 15.4 Å². The van der Waals surface area contributed by atoms with Crippen LogP contribution in [-0.2, 0) is 4.79 Å². The zero-order valence-electron chi connectivity index (χ0n) is 15.8. The molecule has 8 heteroatoms. The Hall–Kier alpha value is -2.35. The zero-order valence-corrected chi connectivity index (χ0v) is 19.8. The number of halogens is 3. The molecule has 0 aliphatic heterocycles. The predicted octanol–water partition coefficient (Wildman–Crippen LogP) is 6.44. The standard InChI is InChI=1S/C22H17Br2ClN2O3/c1-13-8-15(23)10-19(24)21(13)30-12-20(28)26-17-6-2-4-14(9-17)22(29)27-18-7-3-5-16(25)11-18/h2-11H,12H2,1H3,(H,26,28)(H,27,29). The lowest BCUT2D eigenvalue weighted by molar-refractivity contribution is -0.118. The monoisotopic (exact) mass is 550 g/mol. The van der Waals surface area contributed by atoms with E-state index in [2.05, 4.69) is 42.5 Å². The maximum absolute atomic E-state index is 12.5. The number of anilines is 2. The maximum Gasteiger partial charge on any atom is 0.262 e. The van der Waals surface area contributed by atoms with Crippen molar-refractivity contribution in [1.82, 2.24) is 0 Å². The van der Waals surface area contributed by atoms with E-state index >= 15 is 0 Å². The molecule has 0 aromatic heterocycles. The Labute approximate surface area is 196 Å². The van der Waals surface area contributed by atoms with Crippen LogP contribution in [0.2, 0.25) is 5.02 Å². The molecule has 0 saturated heterocycles. The lowest BCUT2D eigenvalue weighted by atomic mass is 10.2. The van der Waals surface area contributed by atoms with Gasteiger partial charge in [0.05, 0.1) is 4.47 Å². The first-order valence-corrected chi connectivity index (χ1v) is 10.8. The topological polar surface area (TPSA) is 67.4 Å². The Balaban J connectivity index is 1.62. The predicted molar refractivity (Wildman–Crippen MR) is 127 cm³/mol. The number of hydrogen-bond acceptors (Lipinski definition) is 3. The van der Waals surface area contributed by atoms with Crippen LogP contribution in [0.4, 0.5) is 11.4 Å². The number of amides is 2. The molecule has 2 amide bonds. The molecule has 2 N–H and O–H groups in total. The number of hydrogen-bond donors (Lipinski definition) is 2. The number of aryl methyl sites for hydroxylation is 1. The van der Waals surface area contributed by atoms with Crippen molar-refractivity contribution in [2.75, 3.05) is 17.2 Å². The Morgan fingerprint density at radius 2 is 1.67 bits per heavy atom. The molecule has 0 radical (unpaired) electrons. The minimum absolute atomic E-state index is 0.167. The lowest BCUT2D eigenvalue weighted by Gasteiger charge is -2.12. The molecular formula is C22H17Br2ClN2O3. The van der Waals surface area contributed by atoms with Gasteiger partial charge in [-0.15, -0.1) is 0 Å². The largest absolute Gasteiger partial charge is 0.482 e. The quantitative estimate of drug-likeness (QED) is 0.370. The molecule has 0 heterocycles. The highest BCUT2D eigenvalue weighted by Gasteiger charge is 2.12. The van der Waals surface area contributed by atoms with Crippen molar-refractivity contribution >= 4 is 66.6 Å². The summed E-state index contributed by atoms with van der Waals surface area (Å²) in [6.07, 6.45) is 0. The van der Waals surface area contributed by atoms with Gasteiger partial charge in [-0.1, -0.05) is 39.7 Å². The minimum atomic E-state index is -0.336. The number of ether oxygens (including phenoxy) is 1. The Morgan fingerprint density at radius 3 is 2.37 bits per heavy atom. The molecule has 0 bridgehead atoms. The van der Waals surface area contributed by atoms with Gasteiger partial charge in [0.2, 0.25) is 0 Å². The summed E-state index contributed by atoms with van der Waals surface area (Å²) in [5, 5.41) is 6.04. The van der Waals surface area contributed by atoms with E-state index in [1.807, 2.05) is 19.1 Å². The van der Waals surface area contributed by atoms with E-state index in [1.54, 1.807) is 48.5 Å². The summed E-state index contributed by atoms with van der Waals surface area (Å²) in [7, 11) is 0. The van der Waals surface area contributed by atoms with Crippen molar-refractivity contribution in [2.24, 2.45) is 0 Å². The summed E-state index contributed by atoms with van der Waals surface area (Å²) in [4.78, 5) is 24.8. The van der Waals surface area contributed by atoms with E-state index in [-0.39, 0.29) is 18.4 Å². The number of carbonyl (C=O) groups is 2. The van der Waals surface area contributed by atoms with Crippen molar-refractivity contribution in [1.29, 1.82) is 0 Å². The fraction of sp³-hybridized carbons (Fsp3) is 0.0909. The Kier molecular flexibility index (Phi) is 7.53. The molecule has 0 atom stereocenters. The molecule has 0 spiro atoms. The summed E-state index contributed by atoms with van der Waals surface area (Å²) in [5.74, 6) is -0.0429. The van der Waals surface area contributed by atoms with E-state index in [9.17, 15) is 9.59 Å². The van der Waals surface area contributed by atoms with Crippen LogP contribution in [0.5, 0.6) is 5.75 Å². The number of carbonyl (C=O) groups excluding carboxylic acids is 2. The van der Waals surface area contributed by atoms with E-state index < -0.39 is 0 Å². The number of rotatable bonds is 6. The van der Waals surface area contributed by atoms with E-state index in [4.69, 9.17) is 16.3 Å². The first kappa shape index (κ1) is 22.3. The first-order chi connectivity index (χ1) is 14.3. The third kappa shape index (κ3) is 6.08. The van der Waals surface area contributed by atoms with Gasteiger partial charge in [-0.25, -0.2) is 0 Å². The van der Waals surface area contributed by atoms with Gasteiger partial charge in [-0.05, 0) is 76.9 Å². The highest BCUT2D eigenvalue weighted by Crippen LogP contribution is 2.32. The van der Waals surface area contributed by atoms with Crippen LogP contribution in [0.3, 0.4) is 0 Å². The molecule has 0 saturated carbocycles. The summed E-state index contributed by atoms with van der Waals surface area (Å²) >= 11 is 12.8. The fourth-order valence-electron chi connectivity index (χ4n) is 2.71. The average Bonchev–Trinajstić information content (AvgIpc) is 2.67. The lowest BCUT2D eigenvalue weighted by Crippen LogP contribution is -2.21. The summed E-state index contributed by atoms with van der Waals surface area (Å²) in [6.45, 7) is 1.73. The zero-order chi connectivity index (χ0) is 21.7. The summed E-state index contributed by atoms with van der Waals surface area (Å²) in [6, 6.07) is 17.3. The maximum atomic E-state index is 12.5. The SMILES string of the molecule is Cc1cc(Br)cc(Br)c1OCC(=O)Nc1cccc(C(=O)Nc2cccc(Cl)c2)c1. The van der Waals surface area contributed by atoms with Gasteiger partial charge in [0, 0.05) is 26.4 Å². The van der Waals surface area contributed by atoms with Crippen molar-refractivity contribution in [3.8, 4) is 5.75 Å². The van der Waals surface area contributed by atoms with Crippen molar-refractivity contribution in [3.63, 3.8) is 0 Å². The van der Waals surface area contributed by atoms with Crippen LogP contribution >= 0.6 is 43.5 Å². The van der Waals surface area contributed by atoms with Crippen LogP contribution in [0.15, 0.2) is 69.6 Å². The van der Waals surface area contributed by atoms with Gasteiger partial charge < -0.3 is 15.4 Å².